The molecule has 2 aliphatic rings. The molecular formula is C10H20O2S. The van der Waals surface area contributed by atoms with Crippen LogP contribution in [0.25, 0.3) is 0 Å². The van der Waals surface area contributed by atoms with Crippen LogP contribution in [0.3, 0.4) is 0 Å². The van der Waals surface area contributed by atoms with Gasteiger partial charge in [-0.15, -0.1) is 0 Å². The minimum Gasteiger partial charge on any atom is -0.379 e. The molecule has 2 heterocycles. The van der Waals surface area contributed by atoms with E-state index in [0.29, 0.717) is 6.10 Å². The van der Waals surface area contributed by atoms with Crippen LogP contribution in [0.2, 0.25) is 0 Å². The third-order valence-electron chi connectivity index (χ3n) is 3.08. The summed E-state index contributed by atoms with van der Waals surface area (Å²) in [5, 5.41) is 1.03. The summed E-state index contributed by atoms with van der Waals surface area (Å²) >= 11 is 0. The van der Waals surface area contributed by atoms with Crippen LogP contribution in [0, 0.1) is 0 Å². The predicted octanol–water partition coefficient (Wildman–Crippen LogP) is 1.63. The Hall–Kier alpha value is 0.270. The number of rotatable bonds is 6. The van der Waals surface area contributed by atoms with Crippen LogP contribution in [0.5, 0.6) is 0 Å². The van der Waals surface area contributed by atoms with Gasteiger partial charge in [0.2, 0.25) is 0 Å². The lowest BCUT2D eigenvalue weighted by Gasteiger charge is -2.14. The van der Waals surface area contributed by atoms with Gasteiger partial charge >= 0.3 is 0 Å². The molecule has 0 aliphatic carbocycles. The van der Waals surface area contributed by atoms with Crippen LogP contribution in [-0.4, -0.2) is 48.9 Å². The van der Waals surface area contributed by atoms with Crippen molar-refractivity contribution in [2.45, 2.75) is 24.7 Å². The number of ether oxygens (including phenoxy) is 2. The molecule has 0 saturated carbocycles. The fourth-order valence-electron chi connectivity index (χ4n) is 1.65. The van der Waals surface area contributed by atoms with Crippen LogP contribution < -0.4 is 0 Å². The molecule has 3 unspecified atom stereocenters. The van der Waals surface area contributed by atoms with Gasteiger partial charge in [-0.1, -0.05) is 6.92 Å². The fourth-order valence-corrected chi connectivity index (χ4v) is 4.69. The maximum absolute atomic E-state index is 5.50. The Kier molecular flexibility index (Phi) is 2.86. The molecule has 78 valence electrons. The zero-order valence-electron chi connectivity index (χ0n) is 8.62. The molecule has 3 atom stereocenters. The van der Waals surface area contributed by atoms with Gasteiger partial charge in [0.05, 0.1) is 13.2 Å². The molecule has 0 bridgehead atoms. The van der Waals surface area contributed by atoms with E-state index in [1.165, 1.54) is 17.9 Å². The van der Waals surface area contributed by atoms with Gasteiger partial charge in [-0.2, -0.15) is 0 Å². The summed E-state index contributed by atoms with van der Waals surface area (Å²) < 4.78 is 10.6. The van der Waals surface area contributed by atoms with E-state index in [-0.39, 0.29) is 10.0 Å². The van der Waals surface area contributed by atoms with Gasteiger partial charge in [0.25, 0.3) is 0 Å². The van der Waals surface area contributed by atoms with Gasteiger partial charge < -0.3 is 9.47 Å². The standard InChI is InChI=1S/C10H20O2S/c1-9-8-13(9,2)5-3-4-11-6-10-7-12-10/h9-10H,3-8H2,1-2H3. The van der Waals surface area contributed by atoms with Crippen molar-refractivity contribution in [2.24, 2.45) is 0 Å². The lowest BCUT2D eigenvalue weighted by Crippen LogP contribution is -2.04. The summed E-state index contributed by atoms with van der Waals surface area (Å²) in [5.74, 6) is 2.92. The fraction of sp³-hybridized carbons (Fsp3) is 1.00. The number of hydrogen-bond donors (Lipinski definition) is 0. The van der Waals surface area contributed by atoms with Gasteiger partial charge in [-0.25, -0.2) is 10.0 Å². The van der Waals surface area contributed by atoms with Crippen LogP contribution >= 0.6 is 10.0 Å². The quantitative estimate of drug-likeness (QED) is 0.484. The number of hydrogen-bond acceptors (Lipinski definition) is 2. The summed E-state index contributed by atoms with van der Waals surface area (Å²) in [7, 11) is -0.149. The third-order valence-corrected chi connectivity index (χ3v) is 7.24. The van der Waals surface area contributed by atoms with Crippen molar-refractivity contribution in [3.63, 3.8) is 0 Å². The molecule has 2 nitrogen and oxygen atoms in total. The average Bonchev–Trinajstić information content (AvgIpc) is 2.94. The summed E-state index contributed by atoms with van der Waals surface area (Å²) in [5.41, 5.74) is 0. The molecule has 3 heteroatoms. The lowest BCUT2D eigenvalue weighted by atomic mass is 10.5. The molecule has 2 fully saturated rings. The highest BCUT2D eigenvalue weighted by molar-refractivity contribution is 8.39. The van der Waals surface area contributed by atoms with E-state index in [9.17, 15) is 0 Å². The monoisotopic (exact) mass is 204 g/mol. The minimum absolute atomic E-state index is 0.149. The van der Waals surface area contributed by atoms with Crippen molar-refractivity contribution in [1.82, 2.24) is 0 Å². The molecule has 0 radical (unpaired) electrons. The maximum atomic E-state index is 5.50. The third kappa shape index (κ3) is 2.86. The van der Waals surface area contributed by atoms with E-state index in [2.05, 4.69) is 13.2 Å². The molecule has 0 amide bonds. The highest BCUT2D eigenvalue weighted by Gasteiger charge is 2.40. The van der Waals surface area contributed by atoms with E-state index < -0.39 is 0 Å². The lowest BCUT2D eigenvalue weighted by molar-refractivity contribution is 0.117. The predicted molar refractivity (Wildman–Crippen MR) is 57.9 cm³/mol. The van der Waals surface area contributed by atoms with Crippen molar-refractivity contribution < 1.29 is 9.47 Å². The van der Waals surface area contributed by atoms with Gasteiger partial charge in [-0.3, -0.25) is 0 Å². The van der Waals surface area contributed by atoms with Crippen molar-refractivity contribution in [1.29, 1.82) is 0 Å². The summed E-state index contributed by atoms with van der Waals surface area (Å²) in [6.07, 6.45) is 4.16. The first-order valence-electron chi connectivity index (χ1n) is 5.13. The molecule has 0 spiro atoms. The van der Waals surface area contributed by atoms with Crippen molar-refractivity contribution in [3.8, 4) is 0 Å². The number of epoxide rings is 1. The van der Waals surface area contributed by atoms with E-state index >= 15 is 0 Å². The Labute approximate surface area is 82.3 Å². The molecule has 0 aromatic rings. The van der Waals surface area contributed by atoms with Crippen molar-refractivity contribution in [2.75, 3.05) is 37.6 Å². The Morgan fingerprint density at radius 3 is 2.77 bits per heavy atom. The largest absolute Gasteiger partial charge is 0.379 e. The summed E-state index contributed by atoms with van der Waals surface area (Å²) in [6.45, 7) is 5.06. The van der Waals surface area contributed by atoms with Gasteiger partial charge in [0.1, 0.15) is 6.10 Å². The van der Waals surface area contributed by atoms with E-state index in [1.54, 1.807) is 0 Å². The Balaban J connectivity index is 1.44. The van der Waals surface area contributed by atoms with E-state index in [1.807, 2.05) is 0 Å². The van der Waals surface area contributed by atoms with Gasteiger partial charge in [-0.05, 0) is 29.4 Å². The molecule has 2 saturated heterocycles. The normalized spacial score (nSPS) is 46.9. The Morgan fingerprint density at radius 2 is 2.23 bits per heavy atom. The average molecular weight is 204 g/mol. The first-order valence-corrected chi connectivity index (χ1v) is 7.57. The molecule has 2 rings (SSSR count). The molecule has 2 aliphatic heterocycles. The second kappa shape index (κ2) is 3.79. The van der Waals surface area contributed by atoms with Crippen LogP contribution in [0.1, 0.15) is 13.3 Å². The molecule has 13 heavy (non-hydrogen) atoms. The zero-order valence-corrected chi connectivity index (χ0v) is 9.44. The van der Waals surface area contributed by atoms with Crippen molar-refractivity contribution >= 4 is 10.0 Å². The molecule has 0 aromatic heterocycles. The second-order valence-electron chi connectivity index (χ2n) is 4.42. The van der Waals surface area contributed by atoms with E-state index in [4.69, 9.17) is 9.47 Å². The highest BCUT2D eigenvalue weighted by atomic mass is 32.3. The van der Waals surface area contributed by atoms with Crippen LogP contribution in [0.15, 0.2) is 0 Å². The van der Waals surface area contributed by atoms with Crippen molar-refractivity contribution in [3.05, 3.63) is 0 Å². The SMILES string of the molecule is CC1CS1(C)CCCOCC1CO1. The Bertz CT molecular complexity index is 182. The van der Waals surface area contributed by atoms with Gasteiger partial charge in [0.15, 0.2) is 0 Å². The maximum Gasteiger partial charge on any atom is 0.104 e. The molecule has 0 aromatic carbocycles. The highest BCUT2D eigenvalue weighted by Crippen LogP contribution is 2.65. The first kappa shape index (κ1) is 9.81. The molecule has 0 N–H and O–H groups in total. The second-order valence-corrected chi connectivity index (χ2v) is 8.66. The Morgan fingerprint density at radius 1 is 1.54 bits per heavy atom. The van der Waals surface area contributed by atoms with Crippen LogP contribution in [0.4, 0.5) is 0 Å². The summed E-state index contributed by atoms with van der Waals surface area (Å²) in [6, 6.07) is 0. The summed E-state index contributed by atoms with van der Waals surface area (Å²) in [4.78, 5) is 0. The van der Waals surface area contributed by atoms with E-state index in [0.717, 1.165) is 25.1 Å². The van der Waals surface area contributed by atoms with Crippen LogP contribution in [-0.2, 0) is 9.47 Å². The molecular weight excluding hydrogens is 184 g/mol. The zero-order chi connectivity index (χ0) is 9.31. The smallest absolute Gasteiger partial charge is 0.104 e. The van der Waals surface area contributed by atoms with Gasteiger partial charge in [0, 0.05) is 6.61 Å². The topological polar surface area (TPSA) is 21.8 Å². The first-order chi connectivity index (χ1) is 6.21. The minimum atomic E-state index is -0.149.